The fourth-order valence-corrected chi connectivity index (χ4v) is 4.78. The predicted molar refractivity (Wildman–Crippen MR) is 144 cm³/mol. The molecule has 0 unspecified atom stereocenters. The number of hydrogen-bond acceptors (Lipinski definition) is 8. The molecule has 0 fully saturated rings. The van der Waals surface area contributed by atoms with Crippen LogP contribution in [0.5, 0.6) is 11.8 Å². The number of benzene rings is 2. The molecule has 200 valence electrons. The maximum atomic E-state index is 14.8. The Bertz CT molecular complexity index is 1830. The van der Waals surface area contributed by atoms with Crippen LogP contribution in [0.4, 0.5) is 14.6 Å². The predicted octanol–water partition coefficient (Wildman–Crippen LogP) is 5.19. The van der Waals surface area contributed by atoms with E-state index in [4.69, 9.17) is 9.72 Å². The van der Waals surface area contributed by atoms with Gasteiger partial charge in [-0.25, -0.2) is 18.7 Å². The molecular weight excluding hydrogens is 516 g/mol. The molecule has 3 aromatic heterocycles. The third-order valence-corrected chi connectivity index (χ3v) is 6.78. The maximum absolute atomic E-state index is 14.8. The summed E-state index contributed by atoms with van der Waals surface area (Å²) in [5.41, 5.74) is 2.25. The lowest BCUT2D eigenvalue weighted by Crippen LogP contribution is -2.25. The highest BCUT2D eigenvalue weighted by molar-refractivity contribution is 5.86. The minimum atomic E-state index is -0.684. The highest BCUT2D eigenvalue weighted by Gasteiger charge is 2.36. The number of nitrogens with zero attached hydrogens (tertiary/aromatic N) is 6. The number of hydrogen-bond donors (Lipinski definition) is 2. The number of ether oxygens (including phenoxy) is 1. The zero-order chi connectivity index (χ0) is 28.0. The van der Waals surface area contributed by atoms with E-state index in [1.54, 1.807) is 18.2 Å². The van der Waals surface area contributed by atoms with E-state index in [9.17, 15) is 19.1 Å². The van der Waals surface area contributed by atoms with Crippen LogP contribution in [0, 0.1) is 23.0 Å². The van der Waals surface area contributed by atoms with E-state index in [2.05, 4.69) is 20.3 Å². The molecule has 1 aliphatic rings. The lowest BCUT2D eigenvalue weighted by atomic mass is 9.98. The second kappa shape index (κ2) is 9.57. The average Bonchev–Trinajstić information content (AvgIpc) is 3.47. The van der Waals surface area contributed by atoms with Gasteiger partial charge < -0.3 is 15.2 Å². The molecule has 40 heavy (non-hydrogen) atoms. The summed E-state index contributed by atoms with van der Waals surface area (Å²) in [6.07, 6.45) is 3.10. The van der Waals surface area contributed by atoms with E-state index in [0.717, 1.165) is 11.8 Å². The molecule has 0 bridgehead atoms. The van der Waals surface area contributed by atoms with Crippen LogP contribution in [0.1, 0.15) is 25.0 Å². The van der Waals surface area contributed by atoms with Crippen molar-refractivity contribution in [2.24, 2.45) is 0 Å². The first-order valence-electron chi connectivity index (χ1n) is 12.5. The summed E-state index contributed by atoms with van der Waals surface area (Å²) in [5, 5.41) is 22.9. The second-order valence-corrected chi connectivity index (χ2v) is 10.1. The van der Waals surface area contributed by atoms with Crippen molar-refractivity contribution in [3.05, 3.63) is 77.6 Å². The fourth-order valence-electron chi connectivity index (χ4n) is 4.78. The van der Waals surface area contributed by atoms with Crippen LogP contribution in [-0.2, 0) is 12.0 Å². The van der Waals surface area contributed by atoms with Crippen molar-refractivity contribution < 1.29 is 18.6 Å². The van der Waals surface area contributed by atoms with Gasteiger partial charge >= 0.3 is 0 Å². The summed E-state index contributed by atoms with van der Waals surface area (Å²) in [6, 6.07) is 13.0. The summed E-state index contributed by atoms with van der Waals surface area (Å²) in [5.74, 6) is -0.551. The Labute approximate surface area is 227 Å². The molecule has 0 spiro atoms. The van der Waals surface area contributed by atoms with Gasteiger partial charge in [0.2, 0.25) is 0 Å². The Morgan fingerprint density at radius 1 is 1.10 bits per heavy atom. The van der Waals surface area contributed by atoms with E-state index >= 15 is 0 Å². The van der Waals surface area contributed by atoms with Crippen LogP contribution >= 0.6 is 0 Å². The van der Waals surface area contributed by atoms with Crippen LogP contribution in [0.25, 0.3) is 33.7 Å². The number of rotatable bonds is 6. The lowest BCUT2D eigenvalue weighted by Gasteiger charge is -2.18. The number of phenols is 1. The zero-order valence-corrected chi connectivity index (χ0v) is 21.6. The van der Waals surface area contributed by atoms with Crippen molar-refractivity contribution >= 4 is 17.0 Å². The number of phenolic OH excluding ortho intramolecular Hbond substituents is 1. The Kier molecular flexibility index (Phi) is 6.03. The molecule has 5 aromatic rings. The molecule has 0 aliphatic carbocycles. The largest absolute Gasteiger partial charge is 0.507 e. The van der Waals surface area contributed by atoms with Gasteiger partial charge in [-0.1, -0.05) is 18.2 Å². The Morgan fingerprint density at radius 2 is 1.95 bits per heavy atom. The van der Waals surface area contributed by atoms with Gasteiger partial charge in [0.15, 0.2) is 22.8 Å². The van der Waals surface area contributed by atoms with E-state index in [-0.39, 0.29) is 22.7 Å². The molecule has 0 atom stereocenters. The van der Waals surface area contributed by atoms with E-state index in [1.165, 1.54) is 30.5 Å². The molecule has 0 amide bonds. The highest BCUT2D eigenvalue weighted by Crippen LogP contribution is 2.37. The molecule has 9 nitrogen and oxygen atoms in total. The van der Waals surface area contributed by atoms with E-state index in [1.807, 2.05) is 24.5 Å². The smallest absolute Gasteiger partial charge is 0.299 e. The van der Waals surface area contributed by atoms with Gasteiger partial charge in [0.1, 0.15) is 30.1 Å². The van der Waals surface area contributed by atoms with E-state index < -0.39 is 17.2 Å². The Morgan fingerprint density at radius 3 is 2.75 bits per heavy atom. The summed E-state index contributed by atoms with van der Waals surface area (Å²) >= 11 is 0. The van der Waals surface area contributed by atoms with Crippen LogP contribution in [0.15, 0.2) is 54.9 Å². The minimum absolute atomic E-state index is 0.0910. The van der Waals surface area contributed by atoms with Crippen molar-refractivity contribution in [2.45, 2.75) is 25.8 Å². The number of nitriles is 1. The molecule has 0 saturated carbocycles. The SMILES string of the molecule is CC1(C)COc2nc3c(NCCc4ccc(O)c(-c5cccc(C#N)c5F)c4)nc(-c4cncc(F)c4)nc3n21. The van der Waals surface area contributed by atoms with Crippen molar-refractivity contribution in [3.8, 4) is 40.3 Å². The van der Waals surface area contributed by atoms with Gasteiger partial charge in [-0.3, -0.25) is 9.55 Å². The summed E-state index contributed by atoms with van der Waals surface area (Å²) in [6.45, 7) is 4.88. The number of halogens is 2. The normalized spacial score (nSPS) is 13.6. The first kappa shape index (κ1) is 25.2. The van der Waals surface area contributed by atoms with Crippen LogP contribution in [-0.4, -0.2) is 42.8 Å². The van der Waals surface area contributed by atoms with Crippen molar-refractivity contribution in [1.82, 2.24) is 24.5 Å². The van der Waals surface area contributed by atoms with Gasteiger partial charge in [0.25, 0.3) is 6.01 Å². The molecular formula is C29H23F2N7O2. The van der Waals surface area contributed by atoms with Crippen LogP contribution < -0.4 is 10.1 Å². The summed E-state index contributed by atoms with van der Waals surface area (Å²) in [7, 11) is 0. The topological polar surface area (TPSA) is 122 Å². The molecule has 2 aromatic carbocycles. The average molecular weight is 540 g/mol. The third-order valence-electron chi connectivity index (χ3n) is 6.78. The van der Waals surface area contributed by atoms with Crippen LogP contribution in [0.2, 0.25) is 0 Å². The molecule has 1 aliphatic heterocycles. The summed E-state index contributed by atoms with van der Waals surface area (Å²) in [4.78, 5) is 17.9. The number of imidazole rings is 1. The van der Waals surface area contributed by atoms with Crippen molar-refractivity contribution in [3.63, 3.8) is 0 Å². The second-order valence-electron chi connectivity index (χ2n) is 10.1. The quantitative estimate of drug-likeness (QED) is 0.302. The van der Waals surface area contributed by atoms with Gasteiger partial charge in [-0.05, 0) is 50.1 Å². The summed E-state index contributed by atoms with van der Waals surface area (Å²) < 4.78 is 36.5. The monoisotopic (exact) mass is 539 g/mol. The van der Waals surface area contributed by atoms with Gasteiger partial charge in [0.05, 0.1) is 17.3 Å². The first-order valence-corrected chi connectivity index (χ1v) is 12.5. The standard InChI is InChI=1S/C29H23F2N7O2/c1-29(2)15-40-28-35-24-26(36-25(37-27(24)38(28)29)18-11-19(30)14-33-13-18)34-9-8-16-6-7-22(39)21(10-16)20-5-3-4-17(12-32)23(20)31/h3-7,10-11,13-14,39H,8-9,15H2,1-2H3,(H,34,36,37). The minimum Gasteiger partial charge on any atom is -0.507 e. The molecule has 4 heterocycles. The molecule has 0 saturated heterocycles. The van der Waals surface area contributed by atoms with Crippen molar-refractivity contribution in [1.29, 1.82) is 5.26 Å². The molecule has 11 heteroatoms. The lowest BCUT2D eigenvalue weighted by molar-refractivity contribution is 0.268. The van der Waals surface area contributed by atoms with Gasteiger partial charge in [0, 0.05) is 29.4 Å². The van der Waals surface area contributed by atoms with Gasteiger partial charge in [-0.15, -0.1) is 0 Å². The Hall–Kier alpha value is -5.11. The number of aromatic hydroxyl groups is 1. The number of pyridine rings is 1. The number of anilines is 1. The Balaban J connectivity index is 1.33. The zero-order valence-electron chi connectivity index (χ0n) is 21.6. The van der Waals surface area contributed by atoms with Gasteiger partial charge in [-0.2, -0.15) is 10.2 Å². The molecule has 0 radical (unpaired) electrons. The maximum Gasteiger partial charge on any atom is 0.299 e. The van der Waals surface area contributed by atoms with Crippen molar-refractivity contribution in [2.75, 3.05) is 18.5 Å². The highest BCUT2D eigenvalue weighted by atomic mass is 19.1. The van der Waals surface area contributed by atoms with Crippen LogP contribution in [0.3, 0.4) is 0 Å². The third kappa shape index (κ3) is 4.33. The molecule has 6 rings (SSSR count). The number of fused-ring (bicyclic) bond motifs is 3. The first-order chi connectivity index (χ1) is 19.2. The number of nitrogens with one attached hydrogen (secondary N) is 1. The molecule has 2 N–H and O–H groups in total. The number of aromatic nitrogens is 5. The fraction of sp³-hybridized carbons (Fsp3) is 0.207. The van der Waals surface area contributed by atoms with E-state index in [0.29, 0.717) is 53.7 Å².